The molecule has 1 aromatic heterocycles. The number of hydrogen-bond donors (Lipinski definition) is 0. The van der Waals surface area contributed by atoms with Crippen LogP contribution in [0.25, 0.3) is 0 Å². The van der Waals surface area contributed by atoms with Crippen LogP contribution < -0.4 is 9.64 Å². The number of amides is 1. The molecule has 128 valence electrons. The number of likely N-dealkylation sites (tertiary alicyclic amines) is 1. The first-order valence-corrected chi connectivity index (χ1v) is 9.41. The van der Waals surface area contributed by atoms with Gasteiger partial charge in [-0.05, 0) is 12.1 Å². The van der Waals surface area contributed by atoms with Gasteiger partial charge in [0.2, 0.25) is 5.91 Å². The minimum Gasteiger partial charge on any atom is -0.485 e. The Labute approximate surface area is 137 Å². The average molecular weight is 341 g/mol. The summed E-state index contributed by atoms with van der Waals surface area (Å²) in [7, 11) is 0.469. The van der Waals surface area contributed by atoms with Crippen molar-refractivity contribution in [2.45, 2.75) is 19.4 Å². The fourth-order valence-corrected chi connectivity index (χ4v) is 3.18. The second-order valence-corrected chi connectivity index (χ2v) is 8.12. The van der Waals surface area contributed by atoms with Gasteiger partial charge in [-0.2, -0.15) is 0 Å². The van der Waals surface area contributed by atoms with Crippen LogP contribution in [-0.2, 0) is 14.6 Å². The van der Waals surface area contributed by atoms with Crippen LogP contribution in [0.15, 0.2) is 18.3 Å². The van der Waals surface area contributed by atoms with E-state index >= 15 is 0 Å². The molecule has 1 aliphatic heterocycles. The van der Waals surface area contributed by atoms with Crippen LogP contribution in [-0.4, -0.2) is 69.0 Å². The maximum atomic E-state index is 12.1. The molecule has 1 saturated heterocycles. The molecule has 1 amide bonds. The Morgan fingerprint density at radius 2 is 2.22 bits per heavy atom. The standard InChI is InChI=1S/C15H23N3O4S/c1-4-23(20,21)11-14(19)18-9-7-12(10-18)22-13-6-5-8-16-15(13)17(2)3/h5-6,8,12H,4,7,9-11H2,1-3H3/t12-/m1/s1. The maximum Gasteiger partial charge on any atom is 0.237 e. The first-order chi connectivity index (χ1) is 10.8. The van der Waals surface area contributed by atoms with Crippen LogP contribution in [0.1, 0.15) is 13.3 Å². The van der Waals surface area contributed by atoms with Gasteiger partial charge in [0, 0.05) is 39.0 Å². The maximum absolute atomic E-state index is 12.1. The molecular formula is C15H23N3O4S. The van der Waals surface area contributed by atoms with Crippen molar-refractivity contribution >= 4 is 21.6 Å². The first kappa shape index (κ1) is 17.5. The molecule has 1 atom stereocenters. The third-order valence-electron chi connectivity index (χ3n) is 3.75. The molecule has 8 heteroatoms. The predicted octanol–water partition coefficient (Wildman–Crippen LogP) is 0.562. The van der Waals surface area contributed by atoms with E-state index in [0.717, 1.165) is 5.82 Å². The largest absolute Gasteiger partial charge is 0.485 e. The molecule has 2 rings (SSSR count). The van der Waals surface area contributed by atoms with Gasteiger partial charge in [0.05, 0.1) is 6.54 Å². The topological polar surface area (TPSA) is 79.8 Å². The van der Waals surface area contributed by atoms with Gasteiger partial charge in [-0.1, -0.05) is 6.92 Å². The number of sulfone groups is 1. The fraction of sp³-hybridized carbons (Fsp3) is 0.600. The summed E-state index contributed by atoms with van der Waals surface area (Å²) in [5.41, 5.74) is 0. The van der Waals surface area contributed by atoms with Crippen molar-refractivity contribution in [1.82, 2.24) is 9.88 Å². The number of aromatic nitrogens is 1. The molecule has 0 unspecified atom stereocenters. The van der Waals surface area contributed by atoms with Crippen LogP contribution in [0.4, 0.5) is 5.82 Å². The zero-order valence-electron chi connectivity index (χ0n) is 13.7. The van der Waals surface area contributed by atoms with E-state index in [1.54, 1.807) is 24.1 Å². The van der Waals surface area contributed by atoms with Gasteiger partial charge in [-0.15, -0.1) is 0 Å². The van der Waals surface area contributed by atoms with Gasteiger partial charge < -0.3 is 14.5 Å². The third-order valence-corrected chi connectivity index (χ3v) is 5.32. The Hall–Kier alpha value is -1.83. The molecule has 7 nitrogen and oxygen atoms in total. The summed E-state index contributed by atoms with van der Waals surface area (Å²) < 4.78 is 29.1. The lowest BCUT2D eigenvalue weighted by Crippen LogP contribution is -2.35. The Kier molecular flexibility index (Phi) is 5.46. The van der Waals surface area contributed by atoms with E-state index in [-0.39, 0.29) is 17.8 Å². The number of hydrogen-bond acceptors (Lipinski definition) is 6. The molecule has 0 aromatic carbocycles. The van der Waals surface area contributed by atoms with Crippen molar-refractivity contribution in [1.29, 1.82) is 0 Å². The highest BCUT2D eigenvalue weighted by Gasteiger charge is 2.30. The zero-order valence-corrected chi connectivity index (χ0v) is 14.5. The molecule has 0 radical (unpaired) electrons. The van der Waals surface area contributed by atoms with Gasteiger partial charge >= 0.3 is 0 Å². The number of rotatable bonds is 6. The predicted molar refractivity (Wildman–Crippen MR) is 88.5 cm³/mol. The smallest absolute Gasteiger partial charge is 0.237 e. The van der Waals surface area contributed by atoms with Gasteiger partial charge in [0.15, 0.2) is 21.4 Å². The minimum absolute atomic E-state index is 0.0195. The number of pyridine rings is 1. The van der Waals surface area contributed by atoms with Crippen LogP contribution in [0.2, 0.25) is 0 Å². The highest BCUT2D eigenvalue weighted by atomic mass is 32.2. The quantitative estimate of drug-likeness (QED) is 0.752. The Morgan fingerprint density at radius 3 is 2.87 bits per heavy atom. The number of nitrogens with zero attached hydrogens (tertiary/aromatic N) is 3. The molecule has 0 saturated carbocycles. The SMILES string of the molecule is CCS(=O)(=O)CC(=O)N1CC[C@@H](Oc2cccnc2N(C)C)C1. The van der Waals surface area contributed by atoms with Crippen molar-refractivity contribution < 1.29 is 17.9 Å². The lowest BCUT2D eigenvalue weighted by molar-refractivity contribution is -0.127. The van der Waals surface area contributed by atoms with E-state index in [9.17, 15) is 13.2 Å². The summed E-state index contributed by atoms with van der Waals surface area (Å²) in [4.78, 5) is 19.8. The highest BCUT2D eigenvalue weighted by Crippen LogP contribution is 2.26. The van der Waals surface area contributed by atoms with Crippen molar-refractivity contribution in [3.8, 4) is 5.75 Å². The van der Waals surface area contributed by atoms with Crippen molar-refractivity contribution in [2.24, 2.45) is 0 Å². The number of carbonyl (C=O) groups is 1. The number of ether oxygens (including phenoxy) is 1. The van der Waals surface area contributed by atoms with E-state index < -0.39 is 15.6 Å². The second kappa shape index (κ2) is 7.16. The van der Waals surface area contributed by atoms with E-state index in [1.165, 1.54) is 0 Å². The summed E-state index contributed by atoms with van der Waals surface area (Å²) in [6.45, 7) is 2.46. The molecule has 1 fully saturated rings. The Balaban J connectivity index is 1.97. The summed E-state index contributed by atoms with van der Waals surface area (Å²) in [5.74, 6) is 0.598. The van der Waals surface area contributed by atoms with Gasteiger partial charge in [0.1, 0.15) is 11.9 Å². The highest BCUT2D eigenvalue weighted by molar-refractivity contribution is 7.92. The molecule has 0 spiro atoms. The van der Waals surface area contributed by atoms with E-state index in [0.29, 0.717) is 25.3 Å². The first-order valence-electron chi connectivity index (χ1n) is 7.59. The van der Waals surface area contributed by atoms with Gasteiger partial charge in [-0.3, -0.25) is 4.79 Å². The van der Waals surface area contributed by atoms with Gasteiger partial charge in [-0.25, -0.2) is 13.4 Å². The Bertz CT molecular complexity index is 660. The van der Waals surface area contributed by atoms with Crippen LogP contribution in [0, 0.1) is 0 Å². The molecule has 1 aromatic rings. The van der Waals surface area contributed by atoms with Crippen LogP contribution >= 0.6 is 0 Å². The van der Waals surface area contributed by atoms with Crippen molar-refractivity contribution in [3.63, 3.8) is 0 Å². The normalized spacial score (nSPS) is 18.0. The molecule has 0 N–H and O–H groups in total. The lowest BCUT2D eigenvalue weighted by Gasteiger charge is -2.20. The zero-order chi connectivity index (χ0) is 17.0. The molecule has 0 aliphatic carbocycles. The van der Waals surface area contributed by atoms with Crippen LogP contribution in [0.3, 0.4) is 0 Å². The monoisotopic (exact) mass is 341 g/mol. The number of anilines is 1. The fourth-order valence-electron chi connectivity index (χ4n) is 2.42. The summed E-state index contributed by atoms with van der Waals surface area (Å²) in [5, 5.41) is 0. The van der Waals surface area contributed by atoms with Crippen LogP contribution in [0.5, 0.6) is 5.75 Å². The van der Waals surface area contributed by atoms with Crippen molar-refractivity contribution in [3.05, 3.63) is 18.3 Å². The number of carbonyl (C=O) groups excluding carboxylic acids is 1. The van der Waals surface area contributed by atoms with E-state index in [2.05, 4.69) is 4.98 Å². The molecule has 1 aliphatic rings. The Morgan fingerprint density at radius 1 is 1.48 bits per heavy atom. The molecule has 0 bridgehead atoms. The third kappa shape index (κ3) is 4.57. The average Bonchev–Trinajstić information content (AvgIpc) is 2.96. The molecule has 2 heterocycles. The second-order valence-electron chi connectivity index (χ2n) is 5.76. The summed E-state index contributed by atoms with van der Waals surface area (Å²) >= 11 is 0. The molecular weight excluding hydrogens is 318 g/mol. The van der Waals surface area contributed by atoms with Gasteiger partial charge in [0.25, 0.3) is 0 Å². The summed E-state index contributed by atoms with van der Waals surface area (Å²) in [6.07, 6.45) is 2.23. The molecule has 23 heavy (non-hydrogen) atoms. The minimum atomic E-state index is -3.30. The van der Waals surface area contributed by atoms with E-state index in [1.807, 2.05) is 25.1 Å². The van der Waals surface area contributed by atoms with Crippen molar-refractivity contribution in [2.75, 3.05) is 43.6 Å². The van der Waals surface area contributed by atoms with E-state index in [4.69, 9.17) is 4.74 Å². The lowest BCUT2D eigenvalue weighted by atomic mass is 10.3. The summed E-state index contributed by atoms with van der Waals surface area (Å²) in [6, 6.07) is 3.64.